The van der Waals surface area contributed by atoms with Crippen LogP contribution < -0.4 is 5.32 Å². The number of allylic oxidation sites excluding steroid dienone is 1. The molecule has 0 bridgehead atoms. The number of nitrogens with one attached hydrogen (secondary N) is 1. The summed E-state index contributed by atoms with van der Waals surface area (Å²) in [5.41, 5.74) is 1.37. The molecule has 13 heavy (non-hydrogen) atoms. The van der Waals surface area contributed by atoms with Crippen LogP contribution in [0, 0.1) is 11.8 Å². The molecule has 0 saturated heterocycles. The molecule has 0 aromatic heterocycles. The van der Waals surface area contributed by atoms with Crippen molar-refractivity contribution in [2.45, 2.75) is 46.6 Å². The highest BCUT2D eigenvalue weighted by Crippen LogP contribution is 1.99. The van der Waals surface area contributed by atoms with Gasteiger partial charge >= 0.3 is 0 Å². The molecular weight excluding hydrogens is 158 g/mol. The van der Waals surface area contributed by atoms with E-state index in [4.69, 9.17) is 0 Å². The second-order valence-corrected chi connectivity index (χ2v) is 3.55. The summed E-state index contributed by atoms with van der Waals surface area (Å²) in [4.78, 5) is 0. The highest BCUT2D eigenvalue weighted by atomic mass is 14.9. The van der Waals surface area contributed by atoms with E-state index in [1.54, 1.807) is 0 Å². The van der Waals surface area contributed by atoms with Crippen molar-refractivity contribution in [2.24, 2.45) is 0 Å². The quantitative estimate of drug-likeness (QED) is 0.389. The van der Waals surface area contributed by atoms with Gasteiger partial charge in [-0.3, -0.25) is 0 Å². The zero-order chi connectivity index (χ0) is 10.1. The molecule has 0 fully saturated rings. The molecule has 1 heteroatoms. The van der Waals surface area contributed by atoms with Gasteiger partial charge in [-0.1, -0.05) is 31.4 Å². The Kier molecular flexibility index (Phi) is 7.44. The number of rotatable bonds is 5. The summed E-state index contributed by atoms with van der Waals surface area (Å²) in [6.07, 6.45) is 4.29. The van der Waals surface area contributed by atoms with E-state index in [0.29, 0.717) is 6.04 Å². The lowest BCUT2D eigenvalue weighted by atomic mass is 10.2. The second kappa shape index (κ2) is 7.89. The van der Waals surface area contributed by atoms with Gasteiger partial charge in [0.25, 0.3) is 0 Å². The third kappa shape index (κ3) is 9.17. The molecule has 0 atom stereocenters. The first kappa shape index (κ1) is 12.3. The Balaban J connectivity index is 3.51. The van der Waals surface area contributed by atoms with Gasteiger partial charge in [0.05, 0.1) is 0 Å². The summed E-state index contributed by atoms with van der Waals surface area (Å²) >= 11 is 0. The Bertz CT molecular complexity index is 203. The molecular formula is C12H21N. The molecule has 0 amide bonds. The minimum atomic E-state index is 0.587. The number of hydrogen-bond acceptors (Lipinski definition) is 1. The standard InChI is InChI=1S/C12H21N/c1-5-6-8-12(4)9-7-10-13-11(2)3/h9,11,13H,7-8,10H2,1-4H3. The van der Waals surface area contributed by atoms with E-state index in [1.807, 2.05) is 6.92 Å². The highest BCUT2D eigenvalue weighted by molar-refractivity contribution is 5.10. The summed E-state index contributed by atoms with van der Waals surface area (Å²) in [6, 6.07) is 0.587. The fourth-order valence-corrected chi connectivity index (χ4v) is 0.991. The van der Waals surface area contributed by atoms with E-state index in [0.717, 1.165) is 19.4 Å². The average molecular weight is 179 g/mol. The van der Waals surface area contributed by atoms with Crippen molar-refractivity contribution >= 4 is 0 Å². The van der Waals surface area contributed by atoms with Crippen molar-refractivity contribution < 1.29 is 0 Å². The van der Waals surface area contributed by atoms with Crippen LogP contribution in [0.2, 0.25) is 0 Å². The molecule has 0 unspecified atom stereocenters. The van der Waals surface area contributed by atoms with Gasteiger partial charge in [-0.15, -0.1) is 5.92 Å². The zero-order valence-electron chi connectivity index (χ0n) is 9.28. The van der Waals surface area contributed by atoms with E-state index < -0.39 is 0 Å². The van der Waals surface area contributed by atoms with Crippen LogP contribution in [-0.4, -0.2) is 12.6 Å². The van der Waals surface area contributed by atoms with Crippen LogP contribution in [0.4, 0.5) is 0 Å². The summed E-state index contributed by atoms with van der Waals surface area (Å²) in [6.45, 7) is 9.42. The van der Waals surface area contributed by atoms with Gasteiger partial charge in [0.2, 0.25) is 0 Å². The molecule has 0 aliphatic carbocycles. The Labute approximate surface area is 82.6 Å². The van der Waals surface area contributed by atoms with Crippen LogP contribution >= 0.6 is 0 Å². The molecule has 0 spiro atoms. The third-order valence-corrected chi connectivity index (χ3v) is 1.73. The van der Waals surface area contributed by atoms with Crippen molar-refractivity contribution in [3.63, 3.8) is 0 Å². The van der Waals surface area contributed by atoms with Gasteiger partial charge in [0.1, 0.15) is 0 Å². The summed E-state index contributed by atoms with van der Waals surface area (Å²) in [7, 11) is 0. The summed E-state index contributed by atoms with van der Waals surface area (Å²) in [5, 5.41) is 3.38. The molecule has 1 nitrogen and oxygen atoms in total. The minimum Gasteiger partial charge on any atom is -0.314 e. The van der Waals surface area contributed by atoms with E-state index in [9.17, 15) is 0 Å². The number of hydrogen-bond donors (Lipinski definition) is 1. The lowest BCUT2D eigenvalue weighted by Gasteiger charge is -2.05. The van der Waals surface area contributed by atoms with Crippen molar-refractivity contribution in [2.75, 3.05) is 6.54 Å². The smallest absolute Gasteiger partial charge is 0.0296 e. The van der Waals surface area contributed by atoms with Gasteiger partial charge in [0.15, 0.2) is 0 Å². The fraction of sp³-hybridized carbons (Fsp3) is 0.667. The predicted molar refractivity (Wildman–Crippen MR) is 59.6 cm³/mol. The largest absolute Gasteiger partial charge is 0.314 e. The molecule has 0 saturated carbocycles. The molecule has 0 aliphatic rings. The minimum absolute atomic E-state index is 0.587. The van der Waals surface area contributed by atoms with E-state index in [2.05, 4.69) is 44.0 Å². The first-order chi connectivity index (χ1) is 6.16. The topological polar surface area (TPSA) is 12.0 Å². The van der Waals surface area contributed by atoms with E-state index >= 15 is 0 Å². The van der Waals surface area contributed by atoms with Crippen LogP contribution in [0.25, 0.3) is 0 Å². The molecule has 0 aromatic rings. The maximum absolute atomic E-state index is 3.38. The van der Waals surface area contributed by atoms with Crippen molar-refractivity contribution in [1.82, 2.24) is 5.32 Å². The normalized spacial score (nSPS) is 11.3. The highest BCUT2D eigenvalue weighted by Gasteiger charge is 1.90. The molecule has 0 radical (unpaired) electrons. The Morgan fingerprint density at radius 3 is 2.69 bits per heavy atom. The van der Waals surface area contributed by atoms with Gasteiger partial charge in [0, 0.05) is 12.5 Å². The Hall–Kier alpha value is -0.740. The van der Waals surface area contributed by atoms with Gasteiger partial charge in [-0.2, -0.15) is 0 Å². The first-order valence-corrected chi connectivity index (χ1v) is 4.95. The fourth-order valence-electron chi connectivity index (χ4n) is 0.991. The molecule has 74 valence electrons. The van der Waals surface area contributed by atoms with Crippen LogP contribution in [0.15, 0.2) is 11.6 Å². The lowest BCUT2D eigenvalue weighted by molar-refractivity contribution is 0.594. The van der Waals surface area contributed by atoms with Crippen LogP contribution in [-0.2, 0) is 0 Å². The first-order valence-electron chi connectivity index (χ1n) is 4.95. The molecule has 0 aromatic carbocycles. The van der Waals surface area contributed by atoms with E-state index in [1.165, 1.54) is 5.57 Å². The molecule has 0 heterocycles. The van der Waals surface area contributed by atoms with Gasteiger partial charge in [-0.25, -0.2) is 0 Å². The van der Waals surface area contributed by atoms with Gasteiger partial charge in [-0.05, 0) is 26.8 Å². The van der Waals surface area contributed by atoms with Crippen molar-refractivity contribution in [3.05, 3.63) is 11.6 Å². The van der Waals surface area contributed by atoms with Gasteiger partial charge < -0.3 is 5.32 Å². The summed E-state index contributed by atoms with van der Waals surface area (Å²) in [5.74, 6) is 5.96. The maximum Gasteiger partial charge on any atom is 0.0296 e. The Morgan fingerprint density at radius 1 is 1.46 bits per heavy atom. The zero-order valence-corrected chi connectivity index (χ0v) is 9.28. The van der Waals surface area contributed by atoms with Crippen LogP contribution in [0.5, 0.6) is 0 Å². The average Bonchev–Trinajstić information content (AvgIpc) is 2.08. The lowest BCUT2D eigenvalue weighted by Crippen LogP contribution is -2.23. The Morgan fingerprint density at radius 2 is 2.15 bits per heavy atom. The summed E-state index contributed by atoms with van der Waals surface area (Å²) < 4.78 is 0. The van der Waals surface area contributed by atoms with Crippen molar-refractivity contribution in [1.29, 1.82) is 0 Å². The second-order valence-electron chi connectivity index (χ2n) is 3.55. The SMILES string of the molecule is CC#CCC(C)=CCCNC(C)C. The molecule has 0 aliphatic heterocycles. The van der Waals surface area contributed by atoms with Crippen LogP contribution in [0.3, 0.4) is 0 Å². The van der Waals surface area contributed by atoms with Crippen molar-refractivity contribution in [3.8, 4) is 11.8 Å². The maximum atomic E-state index is 3.38. The van der Waals surface area contributed by atoms with Crippen LogP contribution in [0.1, 0.15) is 40.5 Å². The molecule has 1 N–H and O–H groups in total. The van der Waals surface area contributed by atoms with E-state index in [-0.39, 0.29) is 0 Å². The molecule has 0 rings (SSSR count). The third-order valence-electron chi connectivity index (χ3n) is 1.73. The predicted octanol–water partition coefficient (Wildman–Crippen LogP) is 2.73. The monoisotopic (exact) mass is 179 g/mol.